The van der Waals surface area contributed by atoms with Gasteiger partial charge in [-0.1, -0.05) is 23.8 Å². The van der Waals surface area contributed by atoms with Crippen LogP contribution >= 0.6 is 0 Å². The molecule has 0 aromatic heterocycles. The Bertz CT molecular complexity index is 638. The van der Waals surface area contributed by atoms with E-state index in [1.54, 1.807) is 30.3 Å². The molecule has 2 aliphatic carbocycles. The Labute approximate surface area is 106 Å². The van der Waals surface area contributed by atoms with Gasteiger partial charge >= 0.3 is 0 Å². The number of aryl methyl sites for hydroxylation is 1. The van der Waals surface area contributed by atoms with Gasteiger partial charge in [0.05, 0.1) is 4.90 Å². The lowest BCUT2D eigenvalue weighted by molar-refractivity contribution is -0.120. The molecule has 2 unspecified atom stereocenters. The molecule has 3 nitrogen and oxygen atoms in total. The zero-order chi connectivity index (χ0) is 12.9. The van der Waals surface area contributed by atoms with Gasteiger partial charge in [0.2, 0.25) is 9.84 Å². The number of benzene rings is 1. The predicted octanol–water partition coefficient (Wildman–Crippen LogP) is 2.26. The molecule has 18 heavy (non-hydrogen) atoms. The summed E-state index contributed by atoms with van der Waals surface area (Å²) in [5.74, 6) is -0.0974. The lowest BCUT2D eigenvalue weighted by Gasteiger charge is -2.27. The highest BCUT2D eigenvalue weighted by Gasteiger charge is 2.46. The van der Waals surface area contributed by atoms with E-state index >= 15 is 0 Å². The minimum Gasteiger partial charge on any atom is -0.293 e. The van der Waals surface area contributed by atoms with Crippen molar-refractivity contribution in [1.29, 1.82) is 0 Å². The highest BCUT2D eigenvalue weighted by Crippen LogP contribution is 2.45. The Morgan fingerprint density at radius 3 is 2.22 bits per heavy atom. The largest absolute Gasteiger partial charge is 0.293 e. The molecule has 1 aromatic rings. The second-order valence-electron chi connectivity index (χ2n) is 5.06. The van der Waals surface area contributed by atoms with E-state index in [2.05, 4.69) is 0 Å². The number of Topliss-reactive ketones (excluding diaryl/α,β-unsaturated/α-hetero) is 1. The van der Waals surface area contributed by atoms with E-state index in [4.69, 9.17) is 0 Å². The molecule has 0 amide bonds. The fraction of sp³-hybridized carbons (Fsp3) is 0.357. The van der Waals surface area contributed by atoms with Crippen molar-refractivity contribution in [2.45, 2.75) is 24.7 Å². The van der Waals surface area contributed by atoms with Gasteiger partial charge in [-0.2, -0.15) is 0 Å². The zero-order valence-corrected chi connectivity index (χ0v) is 10.9. The van der Waals surface area contributed by atoms with Crippen LogP contribution in [0, 0.1) is 18.8 Å². The second kappa shape index (κ2) is 3.79. The number of allylic oxidation sites excluding steroid dienone is 2. The monoisotopic (exact) mass is 262 g/mol. The minimum absolute atomic E-state index is 0.0128. The first-order valence-corrected chi connectivity index (χ1v) is 7.56. The lowest BCUT2D eigenvalue weighted by atomic mass is 9.76. The fourth-order valence-electron chi connectivity index (χ4n) is 2.58. The normalized spacial score (nSPS) is 26.5. The molecule has 0 aliphatic heterocycles. The molecule has 1 fully saturated rings. The van der Waals surface area contributed by atoms with Crippen LogP contribution in [0.5, 0.6) is 0 Å². The topological polar surface area (TPSA) is 51.2 Å². The predicted molar refractivity (Wildman–Crippen MR) is 67.7 cm³/mol. The second-order valence-corrected chi connectivity index (χ2v) is 6.98. The zero-order valence-electron chi connectivity index (χ0n) is 10.1. The van der Waals surface area contributed by atoms with Crippen molar-refractivity contribution in [3.8, 4) is 0 Å². The number of rotatable bonds is 2. The van der Waals surface area contributed by atoms with Crippen LogP contribution < -0.4 is 0 Å². The van der Waals surface area contributed by atoms with Crippen LogP contribution in [0.3, 0.4) is 0 Å². The molecule has 0 N–H and O–H groups in total. The molecular weight excluding hydrogens is 248 g/mol. The highest BCUT2D eigenvalue weighted by atomic mass is 32.2. The van der Waals surface area contributed by atoms with Crippen molar-refractivity contribution < 1.29 is 13.2 Å². The minimum atomic E-state index is -3.62. The smallest absolute Gasteiger partial charge is 0.209 e. The van der Waals surface area contributed by atoms with Crippen molar-refractivity contribution in [2.24, 2.45) is 11.8 Å². The van der Waals surface area contributed by atoms with Crippen LogP contribution in [-0.4, -0.2) is 14.2 Å². The molecule has 4 heteroatoms. The van der Waals surface area contributed by atoms with Crippen molar-refractivity contribution in [3.63, 3.8) is 0 Å². The van der Waals surface area contributed by atoms with Crippen LogP contribution in [0.15, 0.2) is 40.1 Å². The summed E-state index contributed by atoms with van der Waals surface area (Å²) < 4.78 is 24.8. The number of hydrogen-bond acceptors (Lipinski definition) is 3. The quantitative estimate of drug-likeness (QED) is 0.821. The first-order chi connectivity index (χ1) is 8.50. The number of carbonyl (C=O) groups is 1. The lowest BCUT2D eigenvalue weighted by Crippen LogP contribution is -2.27. The number of carbonyl (C=O) groups excluding carboxylic acids is 1. The number of ketones is 1. The van der Waals surface area contributed by atoms with Gasteiger partial charge < -0.3 is 0 Å². The van der Waals surface area contributed by atoms with E-state index in [0.29, 0.717) is 0 Å². The van der Waals surface area contributed by atoms with E-state index < -0.39 is 9.84 Å². The number of hydrogen-bond donors (Lipinski definition) is 0. The van der Waals surface area contributed by atoms with Gasteiger partial charge in [0.25, 0.3) is 0 Å². The average Bonchev–Trinajstić information content (AvgIpc) is 2.49. The van der Waals surface area contributed by atoms with Crippen LogP contribution in [0.1, 0.15) is 18.4 Å². The molecule has 94 valence electrons. The summed E-state index contributed by atoms with van der Waals surface area (Å²) in [7, 11) is -3.62. The van der Waals surface area contributed by atoms with E-state index in [1.165, 1.54) is 0 Å². The summed E-state index contributed by atoms with van der Waals surface area (Å²) in [6.07, 6.45) is 3.42. The molecule has 0 saturated heterocycles. The van der Waals surface area contributed by atoms with Crippen LogP contribution in [0.2, 0.25) is 0 Å². The summed E-state index contributed by atoms with van der Waals surface area (Å²) in [4.78, 5) is 12.2. The highest BCUT2D eigenvalue weighted by molar-refractivity contribution is 7.96. The van der Waals surface area contributed by atoms with Gasteiger partial charge in [-0.25, -0.2) is 8.42 Å². The SMILES string of the molecule is Cc1ccc(S(=O)(=O)C2=CC3CCC3C2=O)cc1. The van der Waals surface area contributed by atoms with Crippen LogP contribution in [-0.2, 0) is 14.6 Å². The molecule has 3 rings (SSSR count). The summed E-state index contributed by atoms with van der Waals surface area (Å²) in [5.41, 5.74) is 1.00. The Morgan fingerprint density at radius 2 is 1.78 bits per heavy atom. The third-order valence-corrected chi connectivity index (χ3v) is 5.70. The van der Waals surface area contributed by atoms with Gasteiger partial charge in [0, 0.05) is 5.92 Å². The van der Waals surface area contributed by atoms with E-state index in [9.17, 15) is 13.2 Å². The van der Waals surface area contributed by atoms with E-state index in [0.717, 1.165) is 18.4 Å². The Balaban J connectivity index is 2.03. The summed E-state index contributed by atoms with van der Waals surface area (Å²) in [6, 6.07) is 6.64. The third-order valence-electron chi connectivity index (χ3n) is 3.89. The van der Waals surface area contributed by atoms with Crippen molar-refractivity contribution in [3.05, 3.63) is 40.8 Å². The Kier molecular flexibility index (Phi) is 2.45. The summed E-state index contributed by atoms with van der Waals surface area (Å²) in [5, 5.41) is 0. The van der Waals surface area contributed by atoms with Gasteiger partial charge in [0.15, 0.2) is 5.78 Å². The Morgan fingerprint density at radius 1 is 1.11 bits per heavy atom. The number of sulfone groups is 1. The Hall–Kier alpha value is -1.42. The molecule has 0 spiro atoms. The maximum absolute atomic E-state index is 12.4. The maximum Gasteiger partial charge on any atom is 0.209 e. The third kappa shape index (κ3) is 1.56. The van der Waals surface area contributed by atoms with Gasteiger partial charge in [0.1, 0.15) is 4.91 Å². The maximum atomic E-state index is 12.4. The van der Waals surface area contributed by atoms with E-state index in [1.807, 2.05) is 6.92 Å². The standard InChI is InChI=1S/C14H14O3S/c1-9-2-5-11(6-3-9)18(16,17)13-8-10-4-7-12(10)14(13)15/h2-3,5-6,8,10,12H,4,7H2,1H3. The van der Waals surface area contributed by atoms with E-state index in [-0.39, 0.29) is 27.4 Å². The van der Waals surface area contributed by atoms with Crippen molar-refractivity contribution >= 4 is 15.6 Å². The fourth-order valence-corrected chi connectivity index (χ4v) is 4.09. The van der Waals surface area contributed by atoms with Crippen LogP contribution in [0.25, 0.3) is 0 Å². The van der Waals surface area contributed by atoms with Crippen LogP contribution in [0.4, 0.5) is 0 Å². The molecule has 1 saturated carbocycles. The van der Waals surface area contributed by atoms with Gasteiger partial charge in [-0.05, 0) is 37.8 Å². The first kappa shape index (κ1) is 11.7. The summed E-state index contributed by atoms with van der Waals surface area (Å²) in [6.45, 7) is 1.90. The summed E-state index contributed by atoms with van der Waals surface area (Å²) >= 11 is 0. The molecule has 2 aliphatic rings. The molecule has 2 atom stereocenters. The van der Waals surface area contributed by atoms with Gasteiger partial charge in [-0.15, -0.1) is 0 Å². The molecule has 1 aromatic carbocycles. The molecule has 0 bridgehead atoms. The van der Waals surface area contributed by atoms with Gasteiger partial charge in [-0.3, -0.25) is 4.79 Å². The molecular formula is C14H14O3S. The van der Waals surface area contributed by atoms with Crippen molar-refractivity contribution in [2.75, 3.05) is 0 Å². The first-order valence-electron chi connectivity index (χ1n) is 6.08. The molecule has 0 heterocycles. The number of fused-ring (bicyclic) bond motifs is 1. The average molecular weight is 262 g/mol. The van der Waals surface area contributed by atoms with Crippen molar-refractivity contribution in [1.82, 2.24) is 0 Å². The molecule has 0 radical (unpaired) electrons.